The van der Waals surface area contributed by atoms with E-state index in [-0.39, 0.29) is 18.2 Å². The van der Waals surface area contributed by atoms with E-state index in [9.17, 15) is 8.42 Å². The summed E-state index contributed by atoms with van der Waals surface area (Å²) in [5.41, 5.74) is 1.21. The molecule has 1 aromatic carbocycles. The lowest BCUT2D eigenvalue weighted by Gasteiger charge is -2.20. The van der Waals surface area contributed by atoms with E-state index >= 15 is 0 Å². The first-order valence-corrected chi connectivity index (χ1v) is 7.71. The van der Waals surface area contributed by atoms with Crippen molar-refractivity contribution in [3.63, 3.8) is 0 Å². The normalized spacial score (nSPS) is 11.4. The summed E-state index contributed by atoms with van der Waals surface area (Å²) in [6, 6.07) is 9.05. The lowest BCUT2D eigenvalue weighted by atomic mass is 10.1. The highest BCUT2D eigenvalue weighted by Crippen LogP contribution is 2.13. The third-order valence-electron chi connectivity index (χ3n) is 2.57. The number of sulfonamides is 1. The maximum Gasteiger partial charge on any atom is 0.215 e. The molecule has 0 radical (unpaired) electrons. The van der Waals surface area contributed by atoms with Crippen LogP contribution >= 0.6 is 11.6 Å². The molecule has 0 fully saturated rings. The van der Waals surface area contributed by atoms with Crippen LogP contribution in [0.25, 0.3) is 0 Å². The summed E-state index contributed by atoms with van der Waals surface area (Å²) in [5.74, 6) is -0.0180. The molecule has 0 saturated heterocycles. The van der Waals surface area contributed by atoms with E-state index in [4.69, 9.17) is 16.9 Å². The quantitative estimate of drug-likeness (QED) is 0.751. The van der Waals surface area contributed by atoms with Crippen molar-refractivity contribution < 1.29 is 8.42 Å². The molecule has 0 N–H and O–H groups in total. The molecule has 0 heterocycles. The molecular formula is C12H15ClN2O2S. The second-order valence-corrected chi connectivity index (χ2v) is 6.17. The van der Waals surface area contributed by atoms with Crippen molar-refractivity contribution >= 4 is 21.6 Å². The second kappa shape index (κ2) is 6.74. The summed E-state index contributed by atoms with van der Waals surface area (Å²) in [4.78, 5) is 0. The van der Waals surface area contributed by atoms with Gasteiger partial charge in [0.25, 0.3) is 0 Å². The van der Waals surface area contributed by atoms with E-state index in [1.807, 2.05) is 0 Å². The summed E-state index contributed by atoms with van der Waals surface area (Å²) in [7, 11) is -3.35. The van der Waals surface area contributed by atoms with Gasteiger partial charge in [0.15, 0.2) is 0 Å². The van der Waals surface area contributed by atoms with Gasteiger partial charge in [-0.2, -0.15) is 9.57 Å². The Hall–Kier alpha value is -1.09. The minimum absolute atomic E-state index is 0.0682. The lowest BCUT2D eigenvalue weighted by molar-refractivity contribution is 0.424. The van der Waals surface area contributed by atoms with Gasteiger partial charge in [0.2, 0.25) is 10.0 Å². The van der Waals surface area contributed by atoms with Crippen LogP contribution in [0.1, 0.15) is 18.1 Å². The molecule has 0 aliphatic carbocycles. The molecule has 6 heteroatoms. The van der Waals surface area contributed by atoms with Crippen LogP contribution in [0.5, 0.6) is 0 Å². The van der Waals surface area contributed by atoms with Crippen molar-refractivity contribution in [2.24, 2.45) is 0 Å². The predicted octanol–water partition coefficient (Wildman–Crippen LogP) is 1.95. The molecule has 0 spiro atoms. The first-order chi connectivity index (χ1) is 8.55. The summed E-state index contributed by atoms with van der Waals surface area (Å²) >= 11 is 5.49. The molecule has 0 atom stereocenters. The first-order valence-electron chi connectivity index (χ1n) is 5.57. The number of halogens is 1. The number of nitriles is 1. The minimum Gasteiger partial charge on any atom is -0.212 e. The Bertz CT molecular complexity index is 537. The van der Waals surface area contributed by atoms with Crippen LogP contribution in [0.15, 0.2) is 24.3 Å². The van der Waals surface area contributed by atoms with E-state index in [2.05, 4.69) is 6.07 Å². The lowest BCUT2D eigenvalue weighted by Crippen LogP contribution is -2.33. The maximum atomic E-state index is 11.9. The van der Waals surface area contributed by atoms with Gasteiger partial charge < -0.3 is 0 Å². The number of nitrogens with zero attached hydrogens (tertiary/aromatic N) is 2. The fourth-order valence-electron chi connectivity index (χ4n) is 1.59. The van der Waals surface area contributed by atoms with Gasteiger partial charge in [-0.3, -0.25) is 0 Å². The van der Waals surface area contributed by atoms with Crippen molar-refractivity contribution in [3.05, 3.63) is 35.4 Å². The smallest absolute Gasteiger partial charge is 0.212 e. The van der Waals surface area contributed by atoms with Crippen LogP contribution < -0.4 is 0 Å². The molecule has 18 heavy (non-hydrogen) atoms. The SMILES string of the molecule is CCN(Cc1ccccc1C#N)S(=O)(=O)CCCl. The van der Waals surface area contributed by atoms with E-state index in [1.165, 1.54) is 4.31 Å². The number of alkyl halides is 1. The summed E-state index contributed by atoms with van der Waals surface area (Å²) in [6.07, 6.45) is 0. The molecule has 1 aromatic rings. The molecule has 0 aliphatic rings. The van der Waals surface area contributed by atoms with Crippen molar-refractivity contribution in [3.8, 4) is 6.07 Å². The topological polar surface area (TPSA) is 61.2 Å². The molecule has 4 nitrogen and oxygen atoms in total. The van der Waals surface area contributed by atoms with Gasteiger partial charge in [-0.25, -0.2) is 8.42 Å². The average molecular weight is 287 g/mol. The standard InChI is InChI=1S/C12H15ClN2O2S/c1-2-15(18(16,17)8-7-13)10-12-6-4-3-5-11(12)9-14/h3-6H,2,7-8,10H2,1H3. The summed E-state index contributed by atoms with van der Waals surface area (Å²) < 4.78 is 25.2. The zero-order chi connectivity index (χ0) is 13.6. The number of hydrogen-bond acceptors (Lipinski definition) is 3. The van der Waals surface area contributed by atoms with Crippen LogP contribution in [0, 0.1) is 11.3 Å². The van der Waals surface area contributed by atoms with Gasteiger partial charge in [0, 0.05) is 19.0 Å². The van der Waals surface area contributed by atoms with Gasteiger partial charge in [0.05, 0.1) is 17.4 Å². The van der Waals surface area contributed by atoms with Crippen LogP contribution in [-0.4, -0.2) is 30.9 Å². The Balaban J connectivity index is 2.97. The highest BCUT2D eigenvalue weighted by molar-refractivity contribution is 7.89. The monoisotopic (exact) mass is 286 g/mol. The van der Waals surface area contributed by atoms with Crippen molar-refractivity contribution in [2.45, 2.75) is 13.5 Å². The number of benzene rings is 1. The van der Waals surface area contributed by atoms with Crippen molar-refractivity contribution in [1.82, 2.24) is 4.31 Å². The molecule has 0 amide bonds. The van der Waals surface area contributed by atoms with Crippen LogP contribution in [0.3, 0.4) is 0 Å². The summed E-state index contributed by atoms with van der Waals surface area (Å²) in [6.45, 7) is 2.33. The Labute approximate surface area is 113 Å². The van der Waals surface area contributed by atoms with Crippen LogP contribution in [0.4, 0.5) is 0 Å². The zero-order valence-electron chi connectivity index (χ0n) is 10.1. The molecule has 0 aliphatic heterocycles. The molecule has 0 aromatic heterocycles. The Kier molecular flexibility index (Phi) is 5.60. The van der Waals surface area contributed by atoms with Gasteiger partial charge in [-0.15, -0.1) is 11.6 Å². The first kappa shape index (κ1) is 15.0. The number of rotatable bonds is 6. The molecule has 0 saturated carbocycles. The van der Waals surface area contributed by atoms with E-state index in [0.29, 0.717) is 17.7 Å². The van der Waals surface area contributed by atoms with E-state index in [0.717, 1.165) is 0 Å². The molecule has 0 bridgehead atoms. The highest BCUT2D eigenvalue weighted by Gasteiger charge is 2.20. The minimum atomic E-state index is -3.35. The Morgan fingerprint density at radius 1 is 1.39 bits per heavy atom. The number of hydrogen-bond donors (Lipinski definition) is 0. The zero-order valence-corrected chi connectivity index (χ0v) is 11.7. The van der Waals surface area contributed by atoms with E-state index in [1.54, 1.807) is 31.2 Å². The predicted molar refractivity (Wildman–Crippen MR) is 71.7 cm³/mol. The highest BCUT2D eigenvalue weighted by atomic mass is 35.5. The molecule has 1 rings (SSSR count). The van der Waals surface area contributed by atoms with Gasteiger partial charge in [-0.05, 0) is 11.6 Å². The largest absolute Gasteiger partial charge is 0.215 e. The van der Waals surface area contributed by atoms with Gasteiger partial charge in [-0.1, -0.05) is 25.1 Å². The fraction of sp³-hybridized carbons (Fsp3) is 0.417. The molecule has 0 unspecified atom stereocenters. The third-order valence-corrected chi connectivity index (χ3v) is 4.87. The van der Waals surface area contributed by atoms with Gasteiger partial charge in [0.1, 0.15) is 0 Å². The van der Waals surface area contributed by atoms with E-state index < -0.39 is 10.0 Å². The van der Waals surface area contributed by atoms with Crippen molar-refractivity contribution in [1.29, 1.82) is 5.26 Å². The van der Waals surface area contributed by atoms with Gasteiger partial charge >= 0.3 is 0 Å². The Morgan fingerprint density at radius 2 is 2.06 bits per heavy atom. The third kappa shape index (κ3) is 3.70. The van der Waals surface area contributed by atoms with Crippen LogP contribution in [0.2, 0.25) is 0 Å². The molecule has 98 valence electrons. The average Bonchev–Trinajstić information content (AvgIpc) is 2.36. The summed E-state index contributed by atoms with van der Waals surface area (Å²) in [5, 5.41) is 8.97. The fourth-order valence-corrected chi connectivity index (χ4v) is 3.36. The van der Waals surface area contributed by atoms with Crippen LogP contribution in [-0.2, 0) is 16.6 Å². The van der Waals surface area contributed by atoms with Crippen molar-refractivity contribution in [2.75, 3.05) is 18.2 Å². The maximum absolute atomic E-state index is 11.9. The Morgan fingerprint density at radius 3 is 2.61 bits per heavy atom. The second-order valence-electron chi connectivity index (χ2n) is 3.70. The molecular weight excluding hydrogens is 272 g/mol.